The van der Waals surface area contributed by atoms with Crippen molar-refractivity contribution in [2.24, 2.45) is 5.73 Å². The number of ether oxygens (including phenoxy) is 2. The van der Waals surface area contributed by atoms with E-state index in [0.717, 1.165) is 5.56 Å². The lowest BCUT2D eigenvalue weighted by Crippen LogP contribution is -2.28. The Morgan fingerprint density at radius 1 is 1.00 bits per heavy atom. The van der Waals surface area contributed by atoms with E-state index in [9.17, 15) is 13.2 Å². The number of nitrogens with two attached hydrogens (primary N) is 1. The van der Waals surface area contributed by atoms with Crippen molar-refractivity contribution in [1.82, 2.24) is 0 Å². The number of alkyl halides is 3. The van der Waals surface area contributed by atoms with Crippen molar-refractivity contribution in [3.05, 3.63) is 59.7 Å². The predicted molar refractivity (Wildman–Crippen MR) is 81.4 cm³/mol. The van der Waals surface area contributed by atoms with E-state index in [1.54, 1.807) is 6.92 Å². The fourth-order valence-electron chi connectivity index (χ4n) is 2.03. The zero-order valence-electron chi connectivity index (χ0n) is 12.6. The SMILES string of the molecule is CCOc1cc([C@H](N)C(F)(F)F)ccc1OCc1ccccc1. The molecule has 1 atom stereocenters. The van der Waals surface area contributed by atoms with Crippen LogP contribution in [0.4, 0.5) is 13.2 Å². The maximum atomic E-state index is 12.7. The van der Waals surface area contributed by atoms with E-state index in [0.29, 0.717) is 19.0 Å². The summed E-state index contributed by atoms with van der Waals surface area (Å²) in [7, 11) is 0. The van der Waals surface area contributed by atoms with Crippen molar-refractivity contribution in [2.45, 2.75) is 25.7 Å². The number of hydrogen-bond donors (Lipinski definition) is 1. The van der Waals surface area contributed by atoms with E-state index in [2.05, 4.69) is 0 Å². The first kappa shape index (κ1) is 17.1. The Kier molecular flexibility index (Phi) is 5.50. The lowest BCUT2D eigenvalue weighted by molar-refractivity contribution is -0.149. The minimum Gasteiger partial charge on any atom is -0.490 e. The fourth-order valence-corrected chi connectivity index (χ4v) is 2.03. The summed E-state index contributed by atoms with van der Waals surface area (Å²) in [5.41, 5.74) is 6.12. The van der Waals surface area contributed by atoms with Gasteiger partial charge in [-0.3, -0.25) is 0 Å². The summed E-state index contributed by atoms with van der Waals surface area (Å²) in [5.74, 6) is 0.634. The molecule has 0 aromatic heterocycles. The zero-order valence-corrected chi connectivity index (χ0v) is 12.6. The summed E-state index contributed by atoms with van der Waals surface area (Å²) in [5, 5.41) is 0. The second-order valence-electron chi connectivity index (χ2n) is 4.93. The largest absolute Gasteiger partial charge is 0.490 e. The van der Waals surface area contributed by atoms with Gasteiger partial charge in [-0.25, -0.2) is 0 Å². The second kappa shape index (κ2) is 7.37. The number of rotatable bonds is 6. The molecule has 0 bridgehead atoms. The summed E-state index contributed by atoms with van der Waals surface area (Å²) in [4.78, 5) is 0. The molecule has 0 spiro atoms. The van der Waals surface area contributed by atoms with E-state index in [1.807, 2.05) is 30.3 Å². The molecule has 0 heterocycles. The van der Waals surface area contributed by atoms with Gasteiger partial charge in [0, 0.05) is 0 Å². The first-order valence-electron chi connectivity index (χ1n) is 7.17. The van der Waals surface area contributed by atoms with Crippen molar-refractivity contribution in [2.75, 3.05) is 6.61 Å². The summed E-state index contributed by atoms with van der Waals surface area (Å²) in [6.45, 7) is 2.36. The lowest BCUT2D eigenvalue weighted by Gasteiger charge is -2.18. The maximum absolute atomic E-state index is 12.7. The molecular formula is C17H18F3NO2. The van der Waals surface area contributed by atoms with Crippen LogP contribution in [0.5, 0.6) is 11.5 Å². The van der Waals surface area contributed by atoms with Crippen LogP contribution in [0.3, 0.4) is 0 Å². The third kappa shape index (κ3) is 4.63. The molecule has 3 nitrogen and oxygen atoms in total. The third-order valence-corrected chi connectivity index (χ3v) is 3.22. The van der Waals surface area contributed by atoms with E-state index in [1.165, 1.54) is 18.2 Å². The molecule has 2 aromatic carbocycles. The van der Waals surface area contributed by atoms with Gasteiger partial charge in [0.2, 0.25) is 0 Å². The standard InChI is InChI=1S/C17H18F3NO2/c1-2-22-15-10-13(16(21)17(18,19)20)8-9-14(15)23-11-12-6-4-3-5-7-12/h3-10,16H,2,11,21H2,1H3/t16-/m0/s1. The van der Waals surface area contributed by atoms with Crippen LogP contribution < -0.4 is 15.2 Å². The Morgan fingerprint density at radius 2 is 1.70 bits per heavy atom. The first-order chi connectivity index (χ1) is 10.9. The Hall–Kier alpha value is -2.21. The van der Waals surface area contributed by atoms with Crippen LogP contribution in [0.2, 0.25) is 0 Å². The van der Waals surface area contributed by atoms with Crippen LogP contribution in [0.1, 0.15) is 24.1 Å². The average Bonchev–Trinajstić information content (AvgIpc) is 2.53. The van der Waals surface area contributed by atoms with Crippen LogP contribution in [-0.2, 0) is 6.61 Å². The second-order valence-corrected chi connectivity index (χ2v) is 4.93. The van der Waals surface area contributed by atoms with Gasteiger partial charge in [0.15, 0.2) is 11.5 Å². The van der Waals surface area contributed by atoms with Crippen molar-refractivity contribution in [3.63, 3.8) is 0 Å². The van der Waals surface area contributed by atoms with Gasteiger partial charge in [-0.2, -0.15) is 13.2 Å². The minimum absolute atomic E-state index is 0.0620. The van der Waals surface area contributed by atoms with Gasteiger partial charge in [0.05, 0.1) is 6.61 Å². The minimum atomic E-state index is -4.50. The van der Waals surface area contributed by atoms with E-state index < -0.39 is 12.2 Å². The summed E-state index contributed by atoms with van der Waals surface area (Å²) >= 11 is 0. The van der Waals surface area contributed by atoms with Gasteiger partial charge in [-0.1, -0.05) is 36.4 Å². The number of halogens is 3. The van der Waals surface area contributed by atoms with E-state index >= 15 is 0 Å². The Bertz CT molecular complexity index is 629. The summed E-state index contributed by atoms with van der Waals surface area (Å²) in [6.07, 6.45) is -4.50. The third-order valence-electron chi connectivity index (χ3n) is 3.22. The molecule has 124 valence electrons. The van der Waals surface area contributed by atoms with Crippen LogP contribution in [-0.4, -0.2) is 12.8 Å². The van der Waals surface area contributed by atoms with E-state index in [4.69, 9.17) is 15.2 Å². The maximum Gasteiger partial charge on any atom is 0.407 e. The molecule has 0 saturated heterocycles. The Balaban J connectivity index is 2.19. The molecule has 0 amide bonds. The van der Waals surface area contributed by atoms with Crippen molar-refractivity contribution >= 4 is 0 Å². The van der Waals surface area contributed by atoms with Crippen LogP contribution in [0, 0.1) is 0 Å². The predicted octanol–water partition coefficient (Wildman–Crippen LogP) is 4.23. The zero-order chi connectivity index (χ0) is 16.9. The molecule has 0 aliphatic rings. The molecule has 0 aliphatic carbocycles. The van der Waals surface area contributed by atoms with Gasteiger partial charge < -0.3 is 15.2 Å². The highest BCUT2D eigenvalue weighted by Gasteiger charge is 2.38. The van der Waals surface area contributed by atoms with Gasteiger partial charge >= 0.3 is 6.18 Å². The van der Waals surface area contributed by atoms with Gasteiger partial charge in [0.1, 0.15) is 12.6 Å². The molecule has 2 rings (SSSR count). The fraction of sp³-hybridized carbons (Fsp3) is 0.294. The molecule has 0 aliphatic heterocycles. The van der Waals surface area contributed by atoms with E-state index in [-0.39, 0.29) is 11.3 Å². The smallest absolute Gasteiger partial charge is 0.407 e. The lowest BCUT2D eigenvalue weighted by atomic mass is 10.1. The Morgan fingerprint density at radius 3 is 2.30 bits per heavy atom. The summed E-state index contributed by atoms with van der Waals surface area (Å²) < 4.78 is 49.2. The molecule has 2 aromatic rings. The highest BCUT2D eigenvalue weighted by atomic mass is 19.4. The molecule has 0 fully saturated rings. The topological polar surface area (TPSA) is 44.5 Å². The number of hydrogen-bond acceptors (Lipinski definition) is 3. The molecule has 0 saturated carbocycles. The number of benzene rings is 2. The molecular weight excluding hydrogens is 307 g/mol. The molecule has 0 unspecified atom stereocenters. The van der Waals surface area contributed by atoms with Crippen molar-refractivity contribution in [1.29, 1.82) is 0 Å². The monoisotopic (exact) mass is 325 g/mol. The molecule has 6 heteroatoms. The average molecular weight is 325 g/mol. The Labute approximate surface area is 132 Å². The van der Waals surface area contributed by atoms with Crippen LogP contribution in [0.25, 0.3) is 0 Å². The van der Waals surface area contributed by atoms with Crippen LogP contribution >= 0.6 is 0 Å². The quantitative estimate of drug-likeness (QED) is 0.864. The highest BCUT2D eigenvalue weighted by Crippen LogP contribution is 2.36. The van der Waals surface area contributed by atoms with Gasteiger partial charge in [-0.05, 0) is 30.2 Å². The van der Waals surface area contributed by atoms with Crippen LogP contribution in [0.15, 0.2) is 48.5 Å². The normalized spacial score (nSPS) is 12.7. The summed E-state index contributed by atoms with van der Waals surface area (Å²) in [6, 6.07) is 11.4. The van der Waals surface area contributed by atoms with Crippen molar-refractivity contribution in [3.8, 4) is 11.5 Å². The van der Waals surface area contributed by atoms with Crippen molar-refractivity contribution < 1.29 is 22.6 Å². The van der Waals surface area contributed by atoms with Gasteiger partial charge in [-0.15, -0.1) is 0 Å². The first-order valence-corrected chi connectivity index (χ1v) is 7.17. The highest BCUT2D eigenvalue weighted by molar-refractivity contribution is 5.44. The molecule has 2 N–H and O–H groups in total. The van der Waals surface area contributed by atoms with Gasteiger partial charge in [0.25, 0.3) is 0 Å². The molecule has 0 radical (unpaired) electrons. The molecule has 23 heavy (non-hydrogen) atoms.